The van der Waals surface area contributed by atoms with Gasteiger partial charge in [0.05, 0.1) is 12.7 Å². The van der Waals surface area contributed by atoms with E-state index in [-0.39, 0.29) is 0 Å². The summed E-state index contributed by atoms with van der Waals surface area (Å²) in [7, 11) is 2.17. The van der Waals surface area contributed by atoms with Gasteiger partial charge in [0.25, 0.3) is 0 Å². The number of hydrogen-bond acceptors (Lipinski definition) is 3. The third-order valence-corrected chi connectivity index (χ3v) is 3.42. The summed E-state index contributed by atoms with van der Waals surface area (Å²) in [6.45, 7) is 7.04. The maximum Gasteiger partial charge on any atom is 0.0826 e. The van der Waals surface area contributed by atoms with Gasteiger partial charge in [-0.25, -0.2) is 0 Å². The summed E-state index contributed by atoms with van der Waals surface area (Å²) in [5, 5.41) is 3.37. The Labute approximate surface area is 110 Å². The second-order valence-corrected chi connectivity index (χ2v) is 5.19. The van der Waals surface area contributed by atoms with E-state index < -0.39 is 0 Å². The molecule has 2 rings (SSSR count). The number of benzene rings is 1. The molecule has 0 spiro atoms. The Morgan fingerprint density at radius 1 is 1.33 bits per heavy atom. The van der Waals surface area contributed by atoms with E-state index >= 15 is 0 Å². The van der Waals surface area contributed by atoms with Gasteiger partial charge in [0.2, 0.25) is 0 Å². The van der Waals surface area contributed by atoms with Crippen molar-refractivity contribution in [2.75, 3.05) is 39.8 Å². The number of nitrogens with zero attached hydrogens (tertiary/aromatic N) is 1. The summed E-state index contributed by atoms with van der Waals surface area (Å²) >= 11 is 0. The van der Waals surface area contributed by atoms with Crippen LogP contribution in [0.3, 0.4) is 0 Å². The minimum Gasteiger partial charge on any atom is -0.374 e. The van der Waals surface area contributed by atoms with Crippen LogP contribution in [-0.2, 0) is 11.2 Å². The Morgan fingerprint density at radius 3 is 2.78 bits per heavy atom. The zero-order valence-corrected chi connectivity index (χ0v) is 11.5. The van der Waals surface area contributed by atoms with Crippen molar-refractivity contribution in [3.8, 4) is 0 Å². The van der Waals surface area contributed by atoms with Crippen molar-refractivity contribution in [1.82, 2.24) is 10.2 Å². The molecule has 1 fully saturated rings. The van der Waals surface area contributed by atoms with Gasteiger partial charge in [-0.15, -0.1) is 0 Å². The predicted octanol–water partition coefficient (Wildman–Crippen LogP) is 1.46. The third kappa shape index (κ3) is 4.41. The normalized spacial score (nSPS) is 20.3. The summed E-state index contributed by atoms with van der Waals surface area (Å²) in [6.07, 6.45) is 1.46. The highest BCUT2D eigenvalue weighted by Crippen LogP contribution is 2.05. The molecule has 1 N–H and O–H groups in total. The van der Waals surface area contributed by atoms with Crippen LogP contribution in [0.15, 0.2) is 24.3 Å². The Hall–Kier alpha value is -0.900. The molecule has 0 amide bonds. The lowest BCUT2D eigenvalue weighted by atomic mass is 10.1. The molecule has 1 unspecified atom stereocenters. The molecule has 0 aliphatic carbocycles. The first-order chi connectivity index (χ1) is 8.74. The molecular formula is C15H24N2O. The molecule has 3 nitrogen and oxygen atoms in total. The van der Waals surface area contributed by atoms with Crippen LogP contribution in [-0.4, -0.2) is 50.8 Å². The van der Waals surface area contributed by atoms with Gasteiger partial charge >= 0.3 is 0 Å². The van der Waals surface area contributed by atoms with Crippen LogP contribution in [0.25, 0.3) is 0 Å². The molecule has 18 heavy (non-hydrogen) atoms. The maximum atomic E-state index is 5.71. The number of likely N-dealkylation sites (N-methyl/N-ethyl adjacent to an activating group) is 1. The smallest absolute Gasteiger partial charge is 0.0826 e. The monoisotopic (exact) mass is 248 g/mol. The van der Waals surface area contributed by atoms with Crippen LogP contribution in [0.5, 0.6) is 0 Å². The third-order valence-electron chi connectivity index (χ3n) is 3.42. The van der Waals surface area contributed by atoms with Crippen molar-refractivity contribution in [2.45, 2.75) is 19.4 Å². The lowest BCUT2D eigenvalue weighted by Crippen LogP contribution is -2.44. The fraction of sp³-hybridized carbons (Fsp3) is 0.600. The van der Waals surface area contributed by atoms with Gasteiger partial charge in [-0.05, 0) is 26.0 Å². The highest BCUT2D eigenvalue weighted by molar-refractivity contribution is 5.21. The minimum absolute atomic E-state index is 0.349. The minimum atomic E-state index is 0.349. The van der Waals surface area contributed by atoms with Gasteiger partial charge in [-0.2, -0.15) is 0 Å². The molecule has 0 bridgehead atoms. The average Bonchev–Trinajstić information content (AvgIpc) is 2.39. The van der Waals surface area contributed by atoms with Crippen LogP contribution in [0, 0.1) is 6.92 Å². The van der Waals surface area contributed by atoms with Crippen molar-refractivity contribution < 1.29 is 4.74 Å². The molecule has 1 heterocycles. The van der Waals surface area contributed by atoms with E-state index in [0.717, 1.165) is 39.2 Å². The second-order valence-electron chi connectivity index (χ2n) is 5.19. The maximum absolute atomic E-state index is 5.71. The standard InChI is InChI=1S/C15H24N2O/c1-13-3-5-14(6-4-13)7-9-17(2)12-15-11-16-8-10-18-15/h3-6,15-16H,7-12H2,1-2H3. The Morgan fingerprint density at radius 2 is 2.11 bits per heavy atom. The van der Waals surface area contributed by atoms with E-state index in [2.05, 4.69) is 48.5 Å². The van der Waals surface area contributed by atoms with E-state index in [1.54, 1.807) is 0 Å². The van der Waals surface area contributed by atoms with Gasteiger partial charge < -0.3 is 15.0 Å². The highest BCUT2D eigenvalue weighted by Gasteiger charge is 2.15. The molecule has 3 heteroatoms. The number of morpholine rings is 1. The topological polar surface area (TPSA) is 24.5 Å². The zero-order valence-electron chi connectivity index (χ0n) is 11.5. The van der Waals surface area contributed by atoms with Crippen molar-refractivity contribution >= 4 is 0 Å². The van der Waals surface area contributed by atoms with E-state index in [1.807, 2.05) is 0 Å². The molecule has 0 radical (unpaired) electrons. The fourth-order valence-corrected chi connectivity index (χ4v) is 2.25. The summed E-state index contributed by atoms with van der Waals surface area (Å²) in [4.78, 5) is 2.36. The molecule has 0 saturated carbocycles. The molecule has 1 aromatic carbocycles. The van der Waals surface area contributed by atoms with E-state index in [1.165, 1.54) is 11.1 Å². The molecular weight excluding hydrogens is 224 g/mol. The first-order valence-electron chi connectivity index (χ1n) is 6.80. The Kier molecular flexibility index (Phi) is 5.17. The summed E-state index contributed by atoms with van der Waals surface area (Å²) in [5.41, 5.74) is 2.74. The Balaban J connectivity index is 1.70. The van der Waals surface area contributed by atoms with Crippen LogP contribution in [0.4, 0.5) is 0 Å². The molecule has 1 saturated heterocycles. The number of hydrogen-bond donors (Lipinski definition) is 1. The van der Waals surface area contributed by atoms with Crippen LogP contribution in [0.1, 0.15) is 11.1 Å². The van der Waals surface area contributed by atoms with Crippen molar-refractivity contribution in [3.05, 3.63) is 35.4 Å². The molecule has 1 atom stereocenters. The van der Waals surface area contributed by atoms with Crippen molar-refractivity contribution in [1.29, 1.82) is 0 Å². The summed E-state index contributed by atoms with van der Waals surface area (Å²) in [5.74, 6) is 0. The first kappa shape index (κ1) is 13.5. The molecule has 100 valence electrons. The van der Waals surface area contributed by atoms with Crippen LogP contribution >= 0.6 is 0 Å². The fourth-order valence-electron chi connectivity index (χ4n) is 2.25. The van der Waals surface area contributed by atoms with Gasteiger partial charge in [0.15, 0.2) is 0 Å². The lowest BCUT2D eigenvalue weighted by Gasteiger charge is -2.28. The lowest BCUT2D eigenvalue weighted by molar-refractivity contribution is 0.0103. The van der Waals surface area contributed by atoms with Crippen LogP contribution < -0.4 is 5.32 Å². The van der Waals surface area contributed by atoms with E-state index in [9.17, 15) is 0 Å². The SMILES string of the molecule is Cc1ccc(CCN(C)CC2CNCCO2)cc1. The van der Waals surface area contributed by atoms with Gasteiger partial charge in [-0.1, -0.05) is 29.8 Å². The number of aryl methyl sites for hydroxylation is 1. The zero-order chi connectivity index (χ0) is 12.8. The molecule has 1 aliphatic heterocycles. The van der Waals surface area contributed by atoms with Gasteiger partial charge in [0, 0.05) is 26.2 Å². The molecule has 0 aromatic heterocycles. The summed E-state index contributed by atoms with van der Waals surface area (Å²) in [6, 6.07) is 8.82. The van der Waals surface area contributed by atoms with E-state index in [4.69, 9.17) is 4.74 Å². The average molecular weight is 248 g/mol. The molecule has 1 aliphatic rings. The van der Waals surface area contributed by atoms with Crippen molar-refractivity contribution in [2.24, 2.45) is 0 Å². The quantitative estimate of drug-likeness (QED) is 0.854. The Bertz CT molecular complexity index is 344. The second kappa shape index (κ2) is 6.88. The van der Waals surface area contributed by atoms with Crippen molar-refractivity contribution in [3.63, 3.8) is 0 Å². The van der Waals surface area contributed by atoms with E-state index in [0.29, 0.717) is 6.10 Å². The summed E-state index contributed by atoms with van der Waals surface area (Å²) < 4.78 is 5.71. The predicted molar refractivity (Wildman–Crippen MR) is 75.0 cm³/mol. The highest BCUT2D eigenvalue weighted by atomic mass is 16.5. The number of ether oxygens (including phenoxy) is 1. The van der Waals surface area contributed by atoms with Crippen LogP contribution in [0.2, 0.25) is 0 Å². The largest absolute Gasteiger partial charge is 0.374 e. The molecule has 1 aromatic rings. The first-order valence-corrected chi connectivity index (χ1v) is 6.80. The van der Waals surface area contributed by atoms with Gasteiger partial charge in [0.1, 0.15) is 0 Å². The van der Waals surface area contributed by atoms with Gasteiger partial charge in [-0.3, -0.25) is 0 Å². The number of rotatable bonds is 5. The number of nitrogens with one attached hydrogen (secondary N) is 1.